The standard InChI is InChI=1S/C20H22N2O6/c1-27-18-9-8-16(14-17(18)22(25)26)20(24)21(13-11-19(23)28-2)12-10-15-6-4-3-5-7-15/h3-9,14H,10-13H2,1-2H3. The third kappa shape index (κ3) is 5.54. The molecule has 0 aliphatic rings. The Bertz CT molecular complexity index is 838. The van der Waals surface area contributed by atoms with Crippen LogP contribution in [0.25, 0.3) is 0 Å². The molecule has 28 heavy (non-hydrogen) atoms. The van der Waals surface area contributed by atoms with Gasteiger partial charge in [0.2, 0.25) is 0 Å². The molecule has 1 amide bonds. The Morgan fingerprint density at radius 1 is 1.07 bits per heavy atom. The minimum absolute atomic E-state index is 0.0370. The molecule has 0 N–H and O–H groups in total. The van der Waals surface area contributed by atoms with Crippen molar-refractivity contribution in [2.24, 2.45) is 0 Å². The Kier molecular flexibility index (Phi) is 7.50. The highest BCUT2D eigenvalue weighted by Gasteiger charge is 2.22. The van der Waals surface area contributed by atoms with E-state index in [1.165, 1.54) is 37.3 Å². The van der Waals surface area contributed by atoms with Crippen LogP contribution in [0, 0.1) is 10.1 Å². The number of hydrogen-bond acceptors (Lipinski definition) is 6. The highest BCUT2D eigenvalue weighted by molar-refractivity contribution is 5.95. The normalized spacial score (nSPS) is 10.2. The number of methoxy groups -OCH3 is 2. The predicted molar refractivity (Wildman–Crippen MR) is 102 cm³/mol. The molecule has 8 heteroatoms. The number of carbonyl (C=O) groups excluding carboxylic acids is 2. The summed E-state index contributed by atoms with van der Waals surface area (Å²) in [5.41, 5.74) is 0.911. The molecule has 0 atom stereocenters. The molecule has 0 saturated heterocycles. The monoisotopic (exact) mass is 386 g/mol. The highest BCUT2D eigenvalue weighted by Crippen LogP contribution is 2.28. The third-order valence-electron chi connectivity index (χ3n) is 4.24. The van der Waals surface area contributed by atoms with Gasteiger partial charge in [-0.25, -0.2) is 0 Å². The van der Waals surface area contributed by atoms with Gasteiger partial charge in [0, 0.05) is 24.7 Å². The van der Waals surface area contributed by atoms with Gasteiger partial charge in [0.25, 0.3) is 5.91 Å². The van der Waals surface area contributed by atoms with Crippen LogP contribution in [0.1, 0.15) is 22.3 Å². The van der Waals surface area contributed by atoms with Gasteiger partial charge in [0.15, 0.2) is 5.75 Å². The summed E-state index contributed by atoms with van der Waals surface area (Å²) >= 11 is 0. The number of ether oxygens (including phenoxy) is 2. The van der Waals surface area contributed by atoms with Crippen LogP contribution in [-0.2, 0) is 16.0 Å². The minimum atomic E-state index is -0.599. The number of nitrogens with zero attached hydrogens (tertiary/aromatic N) is 2. The van der Waals surface area contributed by atoms with Crippen LogP contribution in [0.3, 0.4) is 0 Å². The van der Waals surface area contributed by atoms with Gasteiger partial charge in [0.1, 0.15) is 0 Å². The second-order valence-corrected chi connectivity index (χ2v) is 6.00. The lowest BCUT2D eigenvalue weighted by Crippen LogP contribution is -2.35. The Hall–Kier alpha value is -3.42. The zero-order valence-corrected chi connectivity index (χ0v) is 15.8. The van der Waals surface area contributed by atoms with E-state index in [9.17, 15) is 19.7 Å². The third-order valence-corrected chi connectivity index (χ3v) is 4.24. The minimum Gasteiger partial charge on any atom is -0.490 e. The maximum Gasteiger partial charge on any atom is 0.311 e. The van der Waals surface area contributed by atoms with E-state index in [0.717, 1.165) is 5.56 Å². The molecule has 0 saturated carbocycles. The van der Waals surface area contributed by atoms with Gasteiger partial charge < -0.3 is 14.4 Å². The van der Waals surface area contributed by atoms with Crippen LogP contribution in [0.5, 0.6) is 5.75 Å². The maximum absolute atomic E-state index is 13.0. The van der Waals surface area contributed by atoms with E-state index >= 15 is 0 Å². The van der Waals surface area contributed by atoms with Gasteiger partial charge in [-0.05, 0) is 24.1 Å². The van der Waals surface area contributed by atoms with Gasteiger partial charge in [-0.3, -0.25) is 19.7 Å². The lowest BCUT2D eigenvalue weighted by molar-refractivity contribution is -0.385. The van der Waals surface area contributed by atoms with Crippen molar-refractivity contribution in [1.29, 1.82) is 0 Å². The first kappa shape index (κ1) is 20.9. The van der Waals surface area contributed by atoms with Crippen molar-refractivity contribution in [3.05, 3.63) is 69.8 Å². The van der Waals surface area contributed by atoms with Gasteiger partial charge in [-0.1, -0.05) is 30.3 Å². The fourth-order valence-electron chi connectivity index (χ4n) is 2.70. The first-order chi connectivity index (χ1) is 13.5. The lowest BCUT2D eigenvalue weighted by atomic mass is 10.1. The summed E-state index contributed by atoms with van der Waals surface area (Å²) in [6, 6.07) is 13.7. The topological polar surface area (TPSA) is 99.0 Å². The fraction of sp³-hybridized carbons (Fsp3) is 0.300. The molecular formula is C20H22N2O6. The summed E-state index contributed by atoms with van der Waals surface area (Å²) in [6.07, 6.45) is 0.626. The highest BCUT2D eigenvalue weighted by atomic mass is 16.6. The molecule has 0 fully saturated rings. The number of benzene rings is 2. The van der Waals surface area contributed by atoms with Crippen molar-refractivity contribution >= 4 is 17.6 Å². The van der Waals surface area contributed by atoms with Gasteiger partial charge in [-0.2, -0.15) is 0 Å². The predicted octanol–water partition coefficient (Wildman–Crippen LogP) is 2.85. The van der Waals surface area contributed by atoms with E-state index in [4.69, 9.17) is 4.74 Å². The molecule has 2 aromatic carbocycles. The molecule has 148 valence electrons. The van der Waals surface area contributed by atoms with Crippen LogP contribution in [0.2, 0.25) is 0 Å². The van der Waals surface area contributed by atoms with Crippen molar-refractivity contribution < 1.29 is 24.0 Å². The maximum atomic E-state index is 13.0. The molecule has 0 spiro atoms. The molecular weight excluding hydrogens is 364 g/mol. The molecule has 0 aliphatic heterocycles. The summed E-state index contributed by atoms with van der Waals surface area (Å²) in [5, 5.41) is 11.2. The molecule has 0 heterocycles. The first-order valence-corrected chi connectivity index (χ1v) is 8.68. The SMILES string of the molecule is COC(=O)CCN(CCc1ccccc1)C(=O)c1ccc(OC)c([N+](=O)[O-])c1. The zero-order chi connectivity index (χ0) is 20.5. The number of amides is 1. The van der Waals surface area contributed by atoms with Crippen molar-refractivity contribution in [2.75, 3.05) is 27.3 Å². The lowest BCUT2D eigenvalue weighted by Gasteiger charge is -2.22. The van der Waals surface area contributed by atoms with E-state index in [0.29, 0.717) is 13.0 Å². The van der Waals surface area contributed by atoms with Crippen molar-refractivity contribution in [1.82, 2.24) is 4.90 Å². The molecule has 0 aliphatic carbocycles. The summed E-state index contributed by atoms with van der Waals surface area (Å²) in [6.45, 7) is 0.512. The van der Waals surface area contributed by atoms with Crippen molar-refractivity contribution in [3.63, 3.8) is 0 Å². The second kappa shape index (κ2) is 10.1. The average molecular weight is 386 g/mol. The number of rotatable bonds is 9. The van der Waals surface area contributed by atoms with Gasteiger partial charge in [0.05, 0.1) is 25.6 Å². The molecule has 0 unspecified atom stereocenters. The van der Waals surface area contributed by atoms with Crippen LogP contribution >= 0.6 is 0 Å². The van der Waals surface area contributed by atoms with Crippen LogP contribution < -0.4 is 4.74 Å². The van der Waals surface area contributed by atoms with Crippen molar-refractivity contribution in [3.8, 4) is 5.75 Å². The number of esters is 1. The Morgan fingerprint density at radius 3 is 2.39 bits per heavy atom. The molecule has 0 bridgehead atoms. The van der Waals surface area contributed by atoms with Crippen LogP contribution in [-0.4, -0.2) is 49.0 Å². The van der Waals surface area contributed by atoms with Crippen LogP contribution in [0.15, 0.2) is 48.5 Å². The molecule has 8 nitrogen and oxygen atoms in total. The summed E-state index contributed by atoms with van der Waals surface area (Å²) in [4.78, 5) is 36.6. The smallest absolute Gasteiger partial charge is 0.311 e. The second-order valence-electron chi connectivity index (χ2n) is 6.00. The average Bonchev–Trinajstić information content (AvgIpc) is 2.73. The van der Waals surface area contributed by atoms with E-state index in [1.54, 1.807) is 0 Å². The van der Waals surface area contributed by atoms with Crippen LogP contribution in [0.4, 0.5) is 5.69 Å². The van der Waals surface area contributed by atoms with E-state index in [-0.39, 0.29) is 30.0 Å². The quantitative estimate of drug-likeness (QED) is 0.373. The largest absolute Gasteiger partial charge is 0.490 e. The molecule has 0 radical (unpaired) electrons. The summed E-state index contributed by atoms with van der Waals surface area (Å²) in [5.74, 6) is -0.754. The molecule has 0 aromatic heterocycles. The Balaban J connectivity index is 2.22. The number of nitro benzene ring substituents is 1. The molecule has 2 aromatic rings. The number of nitro groups is 1. The number of hydrogen-bond donors (Lipinski definition) is 0. The zero-order valence-electron chi connectivity index (χ0n) is 15.8. The Morgan fingerprint density at radius 2 is 1.79 bits per heavy atom. The van der Waals surface area contributed by atoms with Crippen molar-refractivity contribution in [2.45, 2.75) is 12.8 Å². The van der Waals surface area contributed by atoms with E-state index < -0.39 is 16.8 Å². The molecule has 2 rings (SSSR count). The Labute approximate surface area is 162 Å². The fourth-order valence-corrected chi connectivity index (χ4v) is 2.70. The van der Waals surface area contributed by atoms with E-state index in [2.05, 4.69) is 4.74 Å². The first-order valence-electron chi connectivity index (χ1n) is 8.68. The number of carbonyl (C=O) groups is 2. The van der Waals surface area contributed by atoms with E-state index in [1.807, 2.05) is 30.3 Å². The summed E-state index contributed by atoms with van der Waals surface area (Å²) in [7, 11) is 2.61. The van der Waals surface area contributed by atoms with Gasteiger partial charge >= 0.3 is 11.7 Å². The summed E-state index contributed by atoms with van der Waals surface area (Å²) < 4.78 is 9.62. The van der Waals surface area contributed by atoms with Gasteiger partial charge in [-0.15, -0.1) is 0 Å².